The Balaban J connectivity index is 2.23. The summed E-state index contributed by atoms with van der Waals surface area (Å²) in [6.07, 6.45) is 11.6. The molecular weight excluding hydrogens is 368 g/mol. The van der Waals surface area contributed by atoms with Gasteiger partial charge in [0.1, 0.15) is 6.61 Å². The normalized spacial score (nSPS) is 18.9. The smallest absolute Gasteiger partial charge is 0.311 e. The Morgan fingerprint density at radius 3 is 2.43 bits per heavy atom. The summed E-state index contributed by atoms with van der Waals surface area (Å²) in [5.41, 5.74) is 0.865. The molecule has 1 rings (SSSR count). The van der Waals surface area contributed by atoms with Crippen LogP contribution < -0.4 is 0 Å². The zero-order chi connectivity index (χ0) is 21.0. The molecular formula is C23H44O4Si. The van der Waals surface area contributed by atoms with E-state index < -0.39 is 13.5 Å². The molecule has 1 aliphatic heterocycles. The van der Waals surface area contributed by atoms with Gasteiger partial charge in [-0.05, 0) is 70.9 Å². The quantitative estimate of drug-likeness (QED) is 0.162. The fourth-order valence-electron chi connectivity index (χ4n) is 3.20. The van der Waals surface area contributed by atoms with Gasteiger partial charge in [-0.2, -0.15) is 0 Å². The number of carbonyl (C=O) groups excluding carboxylic acids is 1. The second-order valence-corrected chi connectivity index (χ2v) is 15.8. The highest BCUT2D eigenvalue weighted by molar-refractivity contribution is 6.76. The van der Waals surface area contributed by atoms with Gasteiger partial charge in [-0.1, -0.05) is 38.6 Å². The van der Waals surface area contributed by atoms with Crippen molar-refractivity contribution in [2.45, 2.75) is 104 Å². The molecule has 1 heterocycles. The van der Waals surface area contributed by atoms with Crippen molar-refractivity contribution < 1.29 is 19.0 Å². The van der Waals surface area contributed by atoms with Gasteiger partial charge < -0.3 is 14.2 Å². The van der Waals surface area contributed by atoms with Crippen LogP contribution in [0.25, 0.3) is 0 Å². The van der Waals surface area contributed by atoms with Gasteiger partial charge in [-0.25, -0.2) is 0 Å². The van der Waals surface area contributed by atoms with Crippen LogP contribution in [0.2, 0.25) is 25.7 Å². The van der Waals surface area contributed by atoms with Gasteiger partial charge >= 0.3 is 5.97 Å². The molecule has 0 radical (unpaired) electrons. The van der Waals surface area contributed by atoms with Crippen molar-refractivity contribution in [3.05, 3.63) is 11.6 Å². The molecule has 0 aliphatic carbocycles. The second kappa shape index (κ2) is 12.8. The number of carbonyl (C=O) groups is 1. The molecule has 0 aromatic rings. The van der Waals surface area contributed by atoms with Gasteiger partial charge in [0.25, 0.3) is 0 Å². The summed E-state index contributed by atoms with van der Waals surface area (Å²) in [5, 5.41) is 0. The molecule has 0 aromatic heterocycles. The van der Waals surface area contributed by atoms with E-state index in [-0.39, 0.29) is 12.3 Å². The number of hydrogen-bond acceptors (Lipinski definition) is 4. The Hall–Kier alpha value is -0.653. The molecule has 1 saturated heterocycles. The Bertz CT molecular complexity index is 468. The van der Waals surface area contributed by atoms with Crippen molar-refractivity contribution in [1.29, 1.82) is 0 Å². The SMILES string of the molecule is CC(C)(C)C(=O)OC/C(=C/CCCCCCOC1CCCCO1)C[Si](C)(C)C. The lowest BCUT2D eigenvalue weighted by Crippen LogP contribution is -2.26. The Morgan fingerprint density at radius 1 is 1.11 bits per heavy atom. The lowest BCUT2D eigenvalue weighted by molar-refractivity contribution is -0.162. The molecule has 28 heavy (non-hydrogen) atoms. The van der Waals surface area contributed by atoms with Crippen LogP contribution in [-0.4, -0.2) is 40.2 Å². The third-order valence-electron chi connectivity index (χ3n) is 4.73. The van der Waals surface area contributed by atoms with Gasteiger partial charge in [0.05, 0.1) is 5.41 Å². The first-order chi connectivity index (χ1) is 13.1. The van der Waals surface area contributed by atoms with Crippen molar-refractivity contribution in [3.63, 3.8) is 0 Å². The molecule has 0 N–H and O–H groups in total. The first-order valence-electron chi connectivity index (χ1n) is 11.2. The third kappa shape index (κ3) is 12.7. The monoisotopic (exact) mass is 412 g/mol. The first-order valence-corrected chi connectivity index (χ1v) is 14.9. The van der Waals surface area contributed by atoms with Crippen LogP contribution in [0.5, 0.6) is 0 Å². The van der Waals surface area contributed by atoms with E-state index in [1.807, 2.05) is 20.8 Å². The van der Waals surface area contributed by atoms with Gasteiger partial charge in [0.2, 0.25) is 0 Å². The lowest BCUT2D eigenvalue weighted by Gasteiger charge is -2.22. The molecule has 5 heteroatoms. The van der Waals surface area contributed by atoms with Gasteiger partial charge in [0.15, 0.2) is 6.29 Å². The number of hydrogen-bond donors (Lipinski definition) is 0. The predicted octanol–water partition coefficient (Wildman–Crippen LogP) is 6.33. The fourth-order valence-corrected chi connectivity index (χ4v) is 4.81. The van der Waals surface area contributed by atoms with Gasteiger partial charge in [0, 0.05) is 21.3 Å². The van der Waals surface area contributed by atoms with Crippen molar-refractivity contribution in [1.82, 2.24) is 0 Å². The van der Waals surface area contributed by atoms with Crippen molar-refractivity contribution in [2.75, 3.05) is 19.8 Å². The van der Waals surface area contributed by atoms with E-state index in [0.717, 1.165) is 38.5 Å². The second-order valence-electron chi connectivity index (χ2n) is 10.3. The highest BCUT2D eigenvalue weighted by atomic mass is 28.3. The van der Waals surface area contributed by atoms with Crippen molar-refractivity contribution >= 4 is 14.0 Å². The van der Waals surface area contributed by atoms with E-state index in [1.54, 1.807) is 0 Å². The maximum absolute atomic E-state index is 12.1. The molecule has 1 aliphatic rings. The summed E-state index contributed by atoms with van der Waals surface area (Å²) in [4.78, 5) is 12.1. The summed E-state index contributed by atoms with van der Waals surface area (Å²) >= 11 is 0. The number of allylic oxidation sites excluding steroid dienone is 1. The average Bonchev–Trinajstić information content (AvgIpc) is 2.60. The summed E-state index contributed by atoms with van der Waals surface area (Å²) in [5.74, 6) is -0.115. The Labute approximate surface area is 174 Å². The van der Waals surface area contributed by atoms with Gasteiger partial charge in [-0.3, -0.25) is 4.79 Å². The summed E-state index contributed by atoms with van der Waals surface area (Å²) < 4.78 is 16.9. The average molecular weight is 413 g/mol. The maximum atomic E-state index is 12.1. The van der Waals surface area contributed by atoms with Crippen LogP contribution in [0.4, 0.5) is 0 Å². The molecule has 1 fully saturated rings. The largest absolute Gasteiger partial charge is 0.461 e. The molecule has 4 nitrogen and oxygen atoms in total. The summed E-state index contributed by atoms with van der Waals surface area (Å²) in [6.45, 7) is 14.9. The first kappa shape index (κ1) is 25.4. The summed E-state index contributed by atoms with van der Waals surface area (Å²) in [7, 11) is -1.23. The zero-order valence-electron chi connectivity index (χ0n) is 19.3. The molecule has 0 saturated carbocycles. The number of esters is 1. The van der Waals surface area contributed by atoms with E-state index >= 15 is 0 Å². The maximum Gasteiger partial charge on any atom is 0.311 e. The third-order valence-corrected chi connectivity index (χ3v) is 6.25. The lowest BCUT2D eigenvalue weighted by atomic mass is 9.97. The molecule has 0 spiro atoms. The molecule has 0 amide bonds. The topological polar surface area (TPSA) is 44.8 Å². The van der Waals surface area contributed by atoms with Crippen LogP contribution in [0.1, 0.15) is 72.1 Å². The van der Waals surface area contributed by atoms with Crippen molar-refractivity contribution in [3.8, 4) is 0 Å². The molecule has 1 atom stereocenters. The van der Waals surface area contributed by atoms with E-state index in [0.29, 0.717) is 6.61 Å². The standard InChI is InChI=1S/C23H44O4Si/c1-23(2,3)22(24)27-18-20(19-28(4,5)6)14-10-8-7-9-12-16-25-21-15-11-13-17-26-21/h14,21H,7-13,15-19H2,1-6H3/b20-14-. The van der Waals surface area contributed by atoms with Crippen LogP contribution in [-0.2, 0) is 19.0 Å². The van der Waals surface area contributed by atoms with Crippen molar-refractivity contribution in [2.24, 2.45) is 5.41 Å². The molecule has 164 valence electrons. The van der Waals surface area contributed by atoms with E-state index in [9.17, 15) is 4.79 Å². The fraction of sp³-hybridized carbons (Fsp3) is 0.870. The van der Waals surface area contributed by atoms with Crippen LogP contribution >= 0.6 is 0 Å². The van der Waals surface area contributed by atoms with E-state index in [4.69, 9.17) is 14.2 Å². The summed E-state index contributed by atoms with van der Waals surface area (Å²) in [6, 6.07) is 1.10. The van der Waals surface area contributed by atoms with Crippen LogP contribution in [0, 0.1) is 5.41 Å². The molecule has 0 bridgehead atoms. The minimum Gasteiger partial charge on any atom is -0.461 e. The molecule has 1 unspecified atom stereocenters. The van der Waals surface area contributed by atoms with E-state index in [1.165, 1.54) is 37.7 Å². The van der Waals surface area contributed by atoms with Crippen LogP contribution in [0.3, 0.4) is 0 Å². The van der Waals surface area contributed by atoms with E-state index in [2.05, 4.69) is 25.7 Å². The number of ether oxygens (including phenoxy) is 3. The Morgan fingerprint density at radius 2 is 1.82 bits per heavy atom. The van der Waals surface area contributed by atoms with Crippen LogP contribution in [0.15, 0.2) is 11.6 Å². The molecule has 0 aromatic carbocycles. The highest BCUT2D eigenvalue weighted by Crippen LogP contribution is 2.21. The number of rotatable bonds is 12. The number of unbranched alkanes of at least 4 members (excludes halogenated alkanes) is 4. The predicted molar refractivity (Wildman–Crippen MR) is 119 cm³/mol. The minimum absolute atomic E-state index is 0.0385. The minimum atomic E-state index is -1.23. The van der Waals surface area contributed by atoms with Gasteiger partial charge in [-0.15, -0.1) is 0 Å². The highest BCUT2D eigenvalue weighted by Gasteiger charge is 2.24. The Kier molecular flexibility index (Phi) is 11.6. The zero-order valence-corrected chi connectivity index (χ0v) is 20.3.